The van der Waals surface area contributed by atoms with Crippen LogP contribution in [-0.4, -0.2) is 69.9 Å². The van der Waals surface area contributed by atoms with E-state index in [2.05, 4.69) is 16.0 Å². The van der Waals surface area contributed by atoms with Crippen molar-refractivity contribution in [3.05, 3.63) is 22.8 Å². The molecule has 0 saturated heterocycles. The molecule has 2 amide bonds. The maximum Gasteiger partial charge on any atom is 0.326 e. The molecule has 0 aromatic carbocycles. The highest BCUT2D eigenvalue weighted by Gasteiger charge is 2.31. The predicted molar refractivity (Wildman–Crippen MR) is 95.0 cm³/mol. The summed E-state index contributed by atoms with van der Waals surface area (Å²) in [6.07, 6.45) is 1.58. The smallest absolute Gasteiger partial charge is 0.326 e. The Labute approximate surface area is 162 Å². The van der Waals surface area contributed by atoms with Crippen LogP contribution in [0.25, 0.3) is 0 Å². The molecule has 1 heterocycles. The first kappa shape index (κ1) is 21.2. The average Bonchev–Trinajstić information content (AvgIpc) is 2.66. The van der Waals surface area contributed by atoms with Crippen molar-refractivity contribution < 1.29 is 39.0 Å². The summed E-state index contributed by atoms with van der Waals surface area (Å²) in [6, 6.07) is -2.47. The van der Waals surface area contributed by atoms with E-state index in [4.69, 9.17) is 5.11 Å². The number of rotatable bonds is 4. The number of aliphatic carboxylic acids is 2. The molecule has 2 aliphatic rings. The van der Waals surface area contributed by atoms with E-state index in [-0.39, 0.29) is 29.2 Å². The molecule has 150 valence electrons. The monoisotopic (exact) mass is 411 g/mol. The summed E-state index contributed by atoms with van der Waals surface area (Å²) < 4.78 is 0. The lowest BCUT2D eigenvalue weighted by Gasteiger charge is -2.20. The number of hydrogen-bond acceptors (Lipinski definition) is 8. The molecule has 28 heavy (non-hydrogen) atoms. The zero-order chi connectivity index (χ0) is 20.8. The third-order valence-corrected chi connectivity index (χ3v) is 5.01. The highest BCUT2D eigenvalue weighted by molar-refractivity contribution is 8.04. The second-order valence-electron chi connectivity index (χ2n) is 5.88. The van der Waals surface area contributed by atoms with E-state index < -0.39 is 53.9 Å². The second-order valence-corrected chi connectivity index (χ2v) is 6.91. The number of allylic oxidation sites excluding steroid dienone is 3. The zero-order valence-electron chi connectivity index (χ0n) is 14.4. The van der Waals surface area contributed by atoms with Crippen molar-refractivity contribution in [2.24, 2.45) is 0 Å². The van der Waals surface area contributed by atoms with E-state index in [0.29, 0.717) is 0 Å². The van der Waals surface area contributed by atoms with Crippen molar-refractivity contribution in [2.45, 2.75) is 24.9 Å². The standard InChI is InChI=1S/C16H17N3O8S/c20-9-2-3-10(21)14-13(9)19-7(16(26)27)1-4-11(22)18-8(6-28-14)15(25)17-5-12(23)24/h2-3,7-8,19H,1,4-6H2,(H,17,25)(H,18,22)(H,23,24)(H,26,27)/t7-,8+/m0/s1. The minimum Gasteiger partial charge on any atom is -0.480 e. The lowest BCUT2D eigenvalue weighted by Crippen LogP contribution is -2.49. The lowest BCUT2D eigenvalue weighted by molar-refractivity contribution is -0.139. The van der Waals surface area contributed by atoms with Gasteiger partial charge >= 0.3 is 11.9 Å². The van der Waals surface area contributed by atoms with Crippen LogP contribution in [0.1, 0.15) is 12.8 Å². The Bertz CT molecular complexity index is 804. The SMILES string of the molecule is O=C(O)CNC(=O)[C@H]1CSC2=C(N[C@H](C(=O)O)CCC(=O)N1)C(=O)C=CC2=O. The van der Waals surface area contributed by atoms with Crippen molar-refractivity contribution >= 4 is 47.1 Å². The van der Waals surface area contributed by atoms with Gasteiger partial charge in [-0.3, -0.25) is 24.0 Å². The van der Waals surface area contributed by atoms with Crippen LogP contribution in [0, 0.1) is 0 Å². The van der Waals surface area contributed by atoms with Gasteiger partial charge in [-0.05, 0) is 18.6 Å². The van der Waals surface area contributed by atoms with E-state index in [1.165, 1.54) is 0 Å². The molecule has 0 radical (unpaired) electrons. The van der Waals surface area contributed by atoms with Gasteiger partial charge in [-0.2, -0.15) is 0 Å². The molecule has 12 heteroatoms. The molecule has 0 spiro atoms. The minimum absolute atomic E-state index is 0.0778. The van der Waals surface area contributed by atoms with Gasteiger partial charge < -0.3 is 26.2 Å². The predicted octanol–water partition coefficient (Wildman–Crippen LogP) is -1.84. The molecule has 11 nitrogen and oxygen atoms in total. The van der Waals surface area contributed by atoms with E-state index in [9.17, 15) is 33.9 Å². The normalized spacial score (nSPS) is 23.1. The molecule has 0 aromatic rings. The quantitative estimate of drug-likeness (QED) is 0.330. The lowest BCUT2D eigenvalue weighted by atomic mass is 10.1. The van der Waals surface area contributed by atoms with Crippen molar-refractivity contribution in [3.63, 3.8) is 0 Å². The van der Waals surface area contributed by atoms with E-state index in [0.717, 1.165) is 23.9 Å². The van der Waals surface area contributed by atoms with Gasteiger partial charge in [0.2, 0.25) is 17.6 Å². The molecular weight excluding hydrogens is 394 g/mol. The first-order valence-corrected chi connectivity index (χ1v) is 9.09. The van der Waals surface area contributed by atoms with Crippen molar-refractivity contribution in [1.82, 2.24) is 16.0 Å². The highest BCUT2D eigenvalue weighted by atomic mass is 32.2. The zero-order valence-corrected chi connectivity index (χ0v) is 15.2. The van der Waals surface area contributed by atoms with E-state index >= 15 is 0 Å². The first-order chi connectivity index (χ1) is 13.2. The van der Waals surface area contributed by atoms with Crippen LogP contribution in [0.5, 0.6) is 0 Å². The Hall–Kier alpha value is -3.15. The summed E-state index contributed by atoms with van der Waals surface area (Å²) in [7, 11) is 0. The molecule has 1 aliphatic carbocycles. The van der Waals surface area contributed by atoms with Crippen molar-refractivity contribution in [1.29, 1.82) is 0 Å². The molecule has 0 unspecified atom stereocenters. The van der Waals surface area contributed by atoms with Crippen LogP contribution in [0.2, 0.25) is 0 Å². The number of hydrogen-bond donors (Lipinski definition) is 5. The summed E-state index contributed by atoms with van der Waals surface area (Å²) in [5.74, 6) is -5.31. The number of ketones is 2. The van der Waals surface area contributed by atoms with Crippen molar-refractivity contribution in [3.8, 4) is 0 Å². The number of carbonyl (C=O) groups excluding carboxylic acids is 4. The van der Waals surface area contributed by atoms with Gasteiger partial charge in [-0.25, -0.2) is 4.79 Å². The number of thioether (sulfide) groups is 1. The summed E-state index contributed by atoms with van der Waals surface area (Å²) in [5, 5.41) is 25.0. The maximum absolute atomic E-state index is 12.2. The molecule has 0 saturated carbocycles. The number of carbonyl (C=O) groups is 6. The molecule has 0 fully saturated rings. The van der Waals surface area contributed by atoms with Crippen LogP contribution < -0.4 is 16.0 Å². The van der Waals surface area contributed by atoms with Gasteiger partial charge in [0.1, 0.15) is 24.3 Å². The summed E-state index contributed by atoms with van der Waals surface area (Å²) in [5.41, 5.74) is -0.205. The van der Waals surface area contributed by atoms with Gasteiger partial charge in [0.05, 0.1) is 4.91 Å². The van der Waals surface area contributed by atoms with Gasteiger partial charge in [-0.1, -0.05) is 0 Å². The summed E-state index contributed by atoms with van der Waals surface area (Å²) in [6.45, 7) is -0.660. The van der Waals surface area contributed by atoms with Gasteiger partial charge in [0.15, 0.2) is 5.78 Å². The van der Waals surface area contributed by atoms with Crippen LogP contribution in [-0.2, 0) is 28.8 Å². The fraction of sp³-hybridized carbons (Fsp3) is 0.375. The molecular formula is C16H17N3O8S. The summed E-state index contributed by atoms with van der Waals surface area (Å²) >= 11 is 0.791. The Morgan fingerprint density at radius 1 is 1.07 bits per heavy atom. The molecule has 0 aromatic heterocycles. The molecule has 1 aliphatic heterocycles. The van der Waals surface area contributed by atoms with Crippen LogP contribution in [0.4, 0.5) is 0 Å². The number of carboxylic acids is 2. The Morgan fingerprint density at radius 2 is 1.75 bits per heavy atom. The first-order valence-electron chi connectivity index (χ1n) is 8.11. The Balaban J connectivity index is 2.32. The van der Waals surface area contributed by atoms with Crippen molar-refractivity contribution in [2.75, 3.05) is 12.3 Å². The van der Waals surface area contributed by atoms with Gasteiger partial charge in [-0.15, -0.1) is 11.8 Å². The molecule has 5 N–H and O–H groups in total. The topological polar surface area (TPSA) is 179 Å². The van der Waals surface area contributed by atoms with E-state index in [1.54, 1.807) is 0 Å². The maximum atomic E-state index is 12.2. The largest absolute Gasteiger partial charge is 0.480 e. The number of amides is 2. The third-order valence-electron chi connectivity index (χ3n) is 3.82. The highest BCUT2D eigenvalue weighted by Crippen LogP contribution is 2.26. The molecule has 2 rings (SSSR count). The molecule has 2 atom stereocenters. The fourth-order valence-electron chi connectivity index (χ4n) is 2.43. The molecule has 0 bridgehead atoms. The average molecular weight is 411 g/mol. The summed E-state index contributed by atoms with van der Waals surface area (Å²) in [4.78, 5) is 70.6. The Kier molecular flexibility index (Phi) is 6.93. The minimum atomic E-state index is -1.31. The van der Waals surface area contributed by atoms with Crippen LogP contribution in [0.15, 0.2) is 22.8 Å². The number of nitrogens with one attached hydrogen (secondary N) is 3. The van der Waals surface area contributed by atoms with E-state index in [1.807, 2.05) is 0 Å². The van der Waals surface area contributed by atoms with Gasteiger partial charge in [0, 0.05) is 12.2 Å². The van der Waals surface area contributed by atoms with Gasteiger partial charge in [0.25, 0.3) is 0 Å². The van der Waals surface area contributed by atoms with Crippen LogP contribution >= 0.6 is 11.8 Å². The fourth-order valence-corrected chi connectivity index (χ4v) is 3.52. The third kappa shape index (κ3) is 5.42. The second kappa shape index (κ2) is 9.17. The Morgan fingerprint density at radius 3 is 2.39 bits per heavy atom. The number of carboxylic acid groups (broad SMARTS) is 2. The van der Waals surface area contributed by atoms with Crippen LogP contribution in [0.3, 0.4) is 0 Å².